The van der Waals surface area contributed by atoms with Crippen LogP contribution in [0, 0.1) is 6.92 Å². The van der Waals surface area contributed by atoms with Crippen LogP contribution in [-0.2, 0) is 17.7 Å². The van der Waals surface area contributed by atoms with Crippen LogP contribution in [0.1, 0.15) is 48.1 Å². The van der Waals surface area contributed by atoms with Gasteiger partial charge in [0, 0.05) is 26.2 Å². The first-order valence-corrected chi connectivity index (χ1v) is 10.2. The lowest BCUT2D eigenvalue weighted by Crippen LogP contribution is -2.48. The lowest BCUT2D eigenvalue weighted by atomic mass is 9.97. The third-order valence-corrected chi connectivity index (χ3v) is 5.80. The van der Waals surface area contributed by atoms with Gasteiger partial charge in [-0.1, -0.05) is 24.3 Å². The second-order valence-electron chi connectivity index (χ2n) is 7.94. The Kier molecular flexibility index (Phi) is 5.21. The Morgan fingerprint density at radius 2 is 2.00 bits per heavy atom. The van der Waals surface area contributed by atoms with Gasteiger partial charge in [-0.15, -0.1) is 5.10 Å². The van der Waals surface area contributed by atoms with Crippen molar-refractivity contribution in [3.63, 3.8) is 0 Å². The molecule has 2 aliphatic heterocycles. The van der Waals surface area contributed by atoms with Gasteiger partial charge in [0.15, 0.2) is 5.69 Å². The summed E-state index contributed by atoms with van der Waals surface area (Å²) < 4.78 is 7.58. The minimum Gasteiger partial charge on any atom is -0.372 e. The van der Waals surface area contributed by atoms with E-state index in [1.807, 2.05) is 30.4 Å². The van der Waals surface area contributed by atoms with Crippen LogP contribution < -0.4 is 0 Å². The highest BCUT2D eigenvalue weighted by Gasteiger charge is 2.30. The number of hydrogen-bond donors (Lipinski definition) is 0. The van der Waals surface area contributed by atoms with Gasteiger partial charge in [0.1, 0.15) is 0 Å². The highest BCUT2D eigenvalue weighted by molar-refractivity contribution is 5.93. The van der Waals surface area contributed by atoms with Crippen molar-refractivity contribution in [2.45, 2.75) is 52.9 Å². The first-order valence-electron chi connectivity index (χ1n) is 10.2. The lowest BCUT2D eigenvalue weighted by molar-refractivity contribution is -0.0587. The summed E-state index contributed by atoms with van der Waals surface area (Å²) in [6.07, 6.45) is 1.05. The summed E-state index contributed by atoms with van der Waals surface area (Å²) in [6, 6.07) is 6.34. The molecule has 150 valence electrons. The van der Waals surface area contributed by atoms with Gasteiger partial charge >= 0.3 is 0 Å². The van der Waals surface area contributed by atoms with E-state index in [1.165, 1.54) is 11.1 Å². The average molecular weight is 383 g/mol. The van der Waals surface area contributed by atoms with Crippen LogP contribution in [0.2, 0.25) is 0 Å². The molecule has 7 heteroatoms. The van der Waals surface area contributed by atoms with Crippen molar-refractivity contribution in [2.24, 2.45) is 0 Å². The fraction of sp³-hybridized carbons (Fsp3) is 0.571. The molecule has 2 unspecified atom stereocenters. The molecule has 3 heterocycles. The fourth-order valence-corrected chi connectivity index (χ4v) is 4.37. The first kappa shape index (κ1) is 19.1. The van der Waals surface area contributed by atoms with E-state index in [9.17, 15) is 4.79 Å². The van der Waals surface area contributed by atoms with Gasteiger partial charge < -0.3 is 9.64 Å². The van der Waals surface area contributed by atoms with E-state index in [1.54, 1.807) is 0 Å². The zero-order chi connectivity index (χ0) is 19.8. The Balaban J connectivity index is 1.64. The molecule has 4 rings (SSSR count). The molecule has 1 aromatic carbocycles. The second-order valence-corrected chi connectivity index (χ2v) is 7.94. The zero-order valence-electron chi connectivity index (χ0n) is 17.2. The number of benzene rings is 1. The molecule has 0 radical (unpaired) electrons. The molecule has 0 aliphatic carbocycles. The number of carbonyl (C=O) groups excluding carboxylic acids is 1. The summed E-state index contributed by atoms with van der Waals surface area (Å²) in [5.74, 6) is -0.0623. The first-order chi connectivity index (χ1) is 13.5. The van der Waals surface area contributed by atoms with E-state index in [4.69, 9.17) is 4.74 Å². The summed E-state index contributed by atoms with van der Waals surface area (Å²) in [6.45, 7) is 12.4. The molecule has 0 bridgehead atoms. The molecule has 7 nitrogen and oxygen atoms in total. The minimum atomic E-state index is -0.0623. The van der Waals surface area contributed by atoms with Gasteiger partial charge in [-0.25, -0.2) is 4.68 Å². The number of aromatic nitrogens is 3. The molecule has 2 aromatic rings. The molecular weight excluding hydrogens is 354 g/mol. The van der Waals surface area contributed by atoms with Crippen LogP contribution in [-0.4, -0.2) is 69.1 Å². The van der Waals surface area contributed by atoms with Crippen molar-refractivity contribution in [3.8, 4) is 5.69 Å². The monoisotopic (exact) mass is 383 g/mol. The van der Waals surface area contributed by atoms with Gasteiger partial charge in [-0.05, 0) is 50.9 Å². The number of carbonyl (C=O) groups is 1. The van der Waals surface area contributed by atoms with Crippen molar-refractivity contribution in [3.05, 3.63) is 40.7 Å². The maximum absolute atomic E-state index is 13.1. The van der Waals surface area contributed by atoms with Crippen molar-refractivity contribution in [1.29, 1.82) is 0 Å². The highest BCUT2D eigenvalue weighted by atomic mass is 16.5. The summed E-state index contributed by atoms with van der Waals surface area (Å²) >= 11 is 0. The lowest BCUT2D eigenvalue weighted by Gasteiger charge is -2.34. The molecule has 0 spiro atoms. The number of ether oxygens (including phenoxy) is 1. The van der Waals surface area contributed by atoms with E-state index in [0.717, 1.165) is 37.4 Å². The van der Waals surface area contributed by atoms with Crippen LogP contribution in [0.3, 0.4) is 0 Å². The number of morpholine rings is 1. The molecule has 1 amide bonds. The smallest absolute Gasteiger partial charge is 0.276 e. The predicted octanol–water partition coefficient (Wildman–Crippen LogP) is 2.20. The number of likely N-dealkylation sites (N-methyl/N-ethyl adjacent to an activating group) is 1. The number of rotatable bonds is 3. The molecule has 1 aromatic heterocycles. The normalized spacial score (nSPS) is 22.9. The van der Waals surface area contributed by atoms with Crippen molar-refractivity contribution in [2.75, 3.05) is 26.2 Å². The Morgan fingerprint density at radius 3 is 2.71 bits per heavy atom. The van der Waals surface area contributed by atoms with Crippen molar-refractivity contribution >= 4 is 5.91 Å². The maximum atomic E-state index is 13.1. The van der Waals surface area contributed by atoms with Gasteiger partial charge in [-0.2, -0.15) is 0 Å². The van der Waals surface area contributed by atoms with Gasteiger partial charge in [0.05, 0.1) is 23.6 Å². The van der Waals surface area contributed by atoms with Crippen LogP contribution in [0.25, 0.3) is 5.69 Å². The number of fused-ring (bicyclic) bond motifs is 1. The topological polar surface area (TPSA) is 63.5 Å². The predicted molar refractivity (Wildman–Crippen MR) is 107 cm³/mol. The Labute approximate surface area is 166 Å². The SMILES string of the molecule is CCN1CCc2c(cccc2-n2nnc(C(=O)N3CC(C)OC(C)C3)c2C)C1. The van der Waals surface area contributed by atoms with Crippen molar-refractivity contribution < 1.29 is 9.53 Å². The molecule has 1 fully saturated rings. The molecule has 0 N–H and O–H groups in total. The number of nitrogens with zero attached hydrogens (tertiary/aromatic N) is 5. The van der Waals surface area contributed by atoms with E-state index < -0.39 is 0 Å². The van der Waals surface area contributed by atoms with E-state index in [0.29, 0.717) is 18.8 Å². The van der Waals surface area contributed by atoms with E-state index in [-0.39, 0.29) is 18.1 Å². The van der Waals surface area contributed by atoms with Crippen LogP contribution >= 0.6 is 0 Å². The molecule has 28 heavy (non-hydrogen) atoms. The Hall–Kier alpha value is -2.25. The van der Waals surface area contributed by atoms with Gasteiger partial charge in [-0.3, -0.25) is 9.69 Å². The Bertz CT molecular complexity index is 868. The molecular formula is C21H29N5O2. The van der Waals surface area contributed by atoms with E-state index >= 15 is 0 Å². The second kappa shape index (κ2) is 7.64. The summed E-state index contributed by atoms with van der Waals surface area (Å²) in [5.41, 5.74) is 4.92. The third kappa shape index (κ3) is 3.44. The maximum Gasteiger partial charge on any atom is 0.276 e. The van der Waals surface area contributed by atoms with Crippen LogP contribution in [0.15, 0.2) is 18.2 Å². The Morgan fingerprint density at radius 1 is 1.25 bits per heavy atom. The average Bonchev–Trinajstić information content (AvgIpc) is 3.06. The minimum absolute atomic E-state index is 0.0331. The quantitative estimate of drug-likeness (QED) is 0.813. The van der Waals surface area contributed by atoms with Crippen LogP contribution in [0.4, 0.5) is 0 Å². The molecule has 0 saturated carbocycles. The summed E-state index contributed by atoms with van der Waals surface area (Å²) in [7, 11) is 0. The highest BCUT2D eigenvalue weighted by Crippen LogP contribution is 2.26. The fourth-order valence-electron chi connectivity index (χ4n) is 4.37. The third-order valence-electron chi connectivity index (χ3n) is 5.80. The summed E-state index contributed by atoms with van der Waals surface area (Å²) in [4.78, 5) is 17.3. The number of hydrogen-bond acceptors (Lipinski definition) is 5. The van der Waals surface area contributed by atoms with E-state index in [2.05, 4.69) is 40.3 Å². The van der Waals surface area contributed by atoms with Crippen molar-refractivity contribution in [1.82, 2.24) is 24.8 Å². The largest absolute Gasteiger partial charge is 0.372 e. The molecule has 2 atom stereocenters. The molecule has 2 aliphatic rings. The standard InChI is InChI=1S/C21H29N5O2/c1-5-24-10-9-18-17(13-24)7-6-8-19(18)26-16(4)20(22-23-26)21(27)25-11-14(2)28-15(3)12-25/h6-8,14-15H,5,9-13H2,1-4H3. The van der Waals surface area contributed by atoms with Crippen LogP contribution in [0.5, 0.6) is 0 Å². The zero-order valence-corrected chi connectivity index (χ0v) is 17.2. The van der Waals surface area contributed by atoms with Gasteiger partial charge in [0.2, 0.25) is 0 Å². The number of amides is 1. The molecule has 1 saturated heterocycles. The summed E-state index contributed by atoms with van der Waals surface area (Å²) in [5, 5.41) is 8.63. The van der Waals surface area contributed by atoms with Gasteiger partial charge in [0.25, 0.3) is 5.91 Å².